The van der Waals surface area contributed by atoms with Gasteiger partial charge in [0.2, 0.25) is 0 Å². The molecule has 0 aliphatic carbocycles. The van der Waals surface area contributed by atoms with Gasteiger partial charge in [-0.2, -0.15) is 0 Å². The SMILES string of the molecule is O=COC1CCCNCC1. The van der Waals surface area contributed by atoms with Gasteiger partial charge < -0.3 is 10.1 Å². The highest BCUT2D eigenvalue weighted by Gasteiger charge is 2.10. The van der Waals surface area contributed by atoms with Gasteiger partial charge in [0.05, 0.1) is 0 Å². The van der Waals surface area contributed by atoms with Crippen molar-refractivity contribution < 1.29 is 9.53 Å². The van der Waals surface area contributed by atoms with Crippen LogP contribution in [0.1, 0.15) is 19.3 Å². The Labute approximate surface area is 60.7 Å². The molecule has 0 aromatic carbocycles. The molecule has 0 amide bonds. The number of hydrogen-bond donors (Lipinski definition) is 1. The molecule has 1 N–H and O–H groups in total. The third-order valence-corrected chi connectivity index (χ3v) is 1.77. The maximum absolute atomic E-state index is 9.94. The van der Waals surface area contributed by atoms with E-state index < -0.39 is 0 Å². The van der Waals surface area contributed by atoms with Crippen LogP contribution in [0.25, 0.3) is 0 Å². The number of carbonyl (C=O) groups is 1. The summed E-state index contributed by atoms with van der Waals surface area (Å²) < 4.78 is 4.84. The van der Waals surface area contributed by atoms with Crippen molar-refractivity contribution in [3.63, 3.8) is 0 Å². The zero-order valence-corrected chi connectivity index (χ0v) is 6.01. The average molecular weight is 143 g/mol. The van der Waals surface area contributed by atoms with Crippen molar-refractivity contribution in [2.45, 2.75) is 25.4 Å². The second-order valence-electron chi connectivity index (χ2n) is 2.54. The fourth-order valence-electron chi connectivity index (χ4n) is 1.20. The summed E-state index contributed by atoms with van der Waals surface area (Å²) >= 11 is 0. The van der Waals surface area contributed by atoms with Gasteiger partial charge in [-0.1, -0.05) is 0 Å². The monoisotopic (exact) mass is 143 g/mol. The van der Waals surface area contributed by atoms with Crippen LogP contribution >= 0.6 is 0 Å². The molecule has 1 atom stereocenters. The Kier molecular flexibility index (Phi) is 3.22. The molecule has 1 saturated heterocycles. The van der Waals surface area contributed by atoms with E-state index in [1.807, 2.05) is 0 Å². The van der Waals surface area contributed by atoms with Crippen LogP contribution in [0.2, 0.25) is 0 Å². The molecule has 0 spiro atoms. The molecular formula is C7H13NO2. The van der Waals surface area contributed by atoms with Crippen LogP contribution in [-0.2, 0) is 9.53 Å². The van der Waals surface area contributed by atoms with Crippen LogP contribution in [0.4, 0.5) is 0 Å². The van der Waals surface area contributed by atoms with Crippen molar-refractivity contribution in [2.75, 3.05) is 13.1 Å². The van der Waals surface area contributed by atoms with Gasteiger partial charge in [0.1, 0.15) is 6.10 Å². The fourth-order valence-corrected chi connectivity index (χ4v) is 1.20. The van der Waals surface area contributed by atoms with Crippen LogP contribution in [0.3, 0.4) is 0 Å². The highest BCUT2D eigenvalue weighted by molar-refractivity contribution is 5.37. The number of hydrogen-bond acceptors (Lipinski definition) is 3. The van der Waals surface area contributed by atoms with E-state index in [2.05, 4.69) is 5.32 Å². The Balaban J connectivity index is 2.21. The van der Waals surface area contributed by atoms with Crippen LogP contribution < -0.4 is 5.32 Å². The maximum atomic E-state index is 9.94. The number of nitrogens with one attached hydrogen (secondary N) is 1. The van der Waals surface area contributed by atoms with E-state index in [4.69, 9.17) is 4.74 Å². The van der Waals surface area contributed by atoms with Gasteiger partial charge in [-0.25, -0.2) is 0 Å². The summed E-state index contributed by atoms with van der Waals surface area (Å²) in [7, 11) is 0. The Morgan fingerprint density at radius 1 is 1.40 bits per heavy atom. The first-order valence-corrected chi connectivity index (χ1v) is 3.73. The summed E-state index contributed by atoms with van der Waals surface area (Å²) in [6.07, 6.45) is 3.23. The molecule has 1 heterocycles. The second kappa shape index (κ2) is 4.28. The van der Waals surface area contributed by atoms with E-state index in [1.54, 1.807) is 0 Å². The molecule has 10 heavy (non-hydrogen) atoms. The lowest BCUT2D eigenvalue weighted by molar-refractivity contribution is -0.133. The minimum absolute atomic E-state index is 0.160. The van der Waals surface area contributed by atoms with Gasteiger partial charge in [0.25, 0.3) is 6.47 Å². The Morgan fingerprint density at radius 3 is 3.10 bits per heavy atom. The van der Waals surface area contributed by atoms with Crippen molar-refractivity contribution in [2.24, 2.45) is 0 Å². The lowest BCUT2D eigenvalue weighted by Gasteiger charge is -2.09. The quantitative estimate of drug-likeness (QED) is 0.565. The van der Waals surface area contributed by atoms with Crippen molar-refractivity contribution in [1.29, 1.82) is 0 Å². The van der Waals surface area contributed by atoms with Crippen LogP contribution in [-0.4, -0.2) is 25.7 Å². The molecule has 0 aromatic heterocycles. The molecule has 1 unspecified atom stereocenters. The van der Waals surface area contributed by atoms with Gasteiger partial charge in [0.15, 0.2) is 0 Å². The van der Waals surface area contributed by atoms with Crippen molar-refractivity contribution in [3.8, 4) is 0 Å². The van der Waals surface area contributed by atoms with Crippen molar-refractivity contribution in [1.82, 2.24) is 5.32 Å². The summed E-state index contributed by atoms with van der Waals surface area (Å²) in [5, 5.41) is 3.24. The molecular weight excluding hydrogens is 130 g/mol. The zero-order chi connectivity index (χ0) is 7.23. The Morgan fingerprint density at radius 2 is 2.30 bits per heavy atom. The van der Waals surface area contributed by atoms with Gasteiger partial charge in [-0.15, -0.1) is 0 Å². The van der Waals surface area contributed by atoms with Crippen LogP contribution in [0.5, 0.6) is 0 Å². The van der Waals surface area contributed by atoms with Crippen LogP contribution in [0, 0.1) is 0 Å². The van der Waals surface area contributed by atoms with Gasteiger partial charge >= 0.3 is 0 Å². The lowest BCUT2D eigenvalue weighted by Crippen LogP contribution is -2.16. The third-order valence-electron chi connectivity index (χ3n) is 1.77. The van der Waals surface area contributed by atoms with Gasteiger partial charge in [-0.05, 0) is 32.4 Å². The van der Waals surface area contributed by atoms with E-state index in [0.717, 1.165) is 32.4 Å². The van der Waals surface area contributed by atoms with E-state index >= 15 is 0 Å². The van der Waals surface area contributed by atoms with Crippen molar-refractivity contribution >= 4 is 6.47 Å². The normalized spacial score (nSPS) is 27.0. The molecule has 1 fully saturated rings. The first-order valence-electron chi connectivity index (χ1n) is 3.73. The smallest absolute Gasteiger partial charge is 0.293 e. The Bertz CT molecular complexity index is 97.8. The van der Waals surface area contributed by atoms with E-state index in [-0.39, 0.29) is 6.10 Å². The number of ether oxygens (including phenoxy) is 1. The molecule has 1 aliphatic heterocycles. The van der Waals surface area contributed by atoms with E-state index in [1.165, 1.54) is 0 Å². The second-order valence-corrected chi connectivity index (χ2v) is 2.54. The summed E-state index contributed by atoms with van der Waals surface area (Å²) in [6, 6.07) is 0. The summed E-state index contributed by atoms with van der Waals surface area (Å²) in [4.78, 5) is 9.94. The maximum Gasteiger partial charge on any atom is 0.293 e. The molecule has 1 rings (SSSR count). The fraction of sp³-hybridized carbons (Fsp3) is 0.857. The molecule has 58 valence electrons. The zero-order valence-electron chi connectivity index (χ0n) is 6.01. The number of carbonyl (C=O) groups excluding carboxylic acids is 1. The predicted octanol–water partition coefficient (Wildman–Crippen LogP) is 0.301. The summed E-state index contributed by atoms with van der Waals surface area (Å²) in [5.74, 6) is 0. The predicted molar refractivity (Wildman–Crippen MR) is 37.7 cm³/mol. The largest absolute Gasteiger partial charge is 0.465 e. The molecule has 3 nitrogen and oxygen atoms in total. The molecule has 0 aromatic rings. The highest BCUT2D eigenvalue weighted by Crippen LogP contribution is 2.07. The van der Waals surface area contributed by atoms with E-state index in [9.17, 15) is 4.79 Å². The topological polar surface area (TPSA) is 38.3 Å². The summed E-state index contributed by atoms with van der Waals surface area (Å²) in [6.45, 7) is 2.58. The lowest BCUT2D eigenvalue weighted by atomic mass is 10.2. The highest BCUT2D eigenvalue weighted by atomic mass is 16.5. The molecule has 0 saturated carbocycles. The standard InChI is InChI=1S/C7H13NO2/c9-6-10-7-2-1-4-8-5-3-7/h6-8H,1-5H2. The third kappa shape index (κ3) is 2.35. The van der Waals surface area contributed by atoms with E-state index in [0.29, 0.717) is 6.47 Å². The minimum atomic E-state index is 0.160. The van der Waals surface area contributed by atoms with Gasteiger partial charge in [-0.3, -0.25) is 4.79 Å². The first kappa shape index (κ1) is 7.54. The molecule has 0 bridgehead atoms. The molecule has 1 aliphatic rings. The molecule has 3 heteroatoms. The Hall–Kier alpha value is -0.570. The number of rotatable bonds is 2. The molecule has 0 radical (unpaired) electrons. The van der Waals surface area contributed by atoms with Crippen LogP contribution in [0.15, 0.2) is 0 Å². The summed E-state index contributed by atoms with van der Waals surface area (Å²) in [5.41, 5.74) is 0. The van der Waals surface area contributed by atoms with Crippen molar-refractivity contribution in [3.05, 3.63) is 0 Å². The van der Waals surface area contributed by atoms with Gasteiger partial charge in [0, 0.05) is 0 Å². The first-order chi connectivity index (χ1) is 4.93. The minimum Gasteiger partial charge on any atom is -0.465 e. The average Bonchev–Trinajstić information content (AvgIpc) is 2.17.